The van der Waals surface area contributed by atoms with Crippen LogP contribution in [0.25, 0.3) is 0 Å². The quantitative estimate of drug-likeness (QED) is 0.431. The highest BCUT2D eigenvalue weighted by molar-refractivity contribution is 5.85. The van der Waals surface area contributed by atoms with Crippen LogP contribution in [-0.2, 0) is 30.2 Å². The number of aliphatic hydroxyl groups excluding tert-OH is 1. The van der Waals surface area contributed by atoms with Crippen LogP contribution in [0.1, 0.15) is 77.5 Å². The van der Waals surface area contributed by atoms with Crippen molar-refractivity contribution in [3.63, 3.8) is 0 Å². The lowest BCUT2D eigenvalue weighted by molar-refractivity contribution is -0.190. The van der Waals surface area contributed by atoms with Crippen LogP contribution < -0.4 is 0 Å². The molecule has 1 rings (SSSR count). The van der Waals surface area contributed by atoms with Crippen molar-refractivity contribution in [3.05, 3.63) is 34.9 Å². The predicted octanol–water partition coefficient (Wildman–Crippen LogP) is 4.45. The second-order valence-corrected chi connectivity index (χ2v) is 10.0. The summed E-state index contributed by atoms with van der Waals surface area (Å²) >= 11 is 0. The molecule has 0 saturated carbocycles. The van der Waals surface area contributed by atoms with E-state index in [0.29, 0.717) is 6.42 Å². The smallest absolute Gasteiger partial charge is 0.339 e. The van der Waals surface area contributed by atoms with Crippen molar-refractivity contribution >= 4 is 11.9 Å². The van der Waals surface area contributed by atoms with Gasteiger partial charge in [-0.15, -0.1) is 0 Å². The van der Waals surface area contributed by atoms with Crippen LogP contribution in [0, 0.1) is 13.8 Å². The Morgan fingerprint density at radius 1 is 0.871 bits per heavy atom. The summed E-state index contributed by atoms with van der Waals surface area (Å²) in [6.45, 7) is 14.7. The Bertz CT molecular complexity index is 727. The Kier molecular flexibility index (Phi) is 10.2. The van der Waals surface area contributed by atoms with Gasteiger partial charge in [-0.25, -0.2) is 9.59 Å². The molecule has 0 fully saturated rings. The molecule has 1 aromatic carbocycles. The van der Waals surface area contributed by atoms with Gasteiger partial charge < -0.3 is 19.3 Å². The monoisotopic (exact) mass is 436 g/mol. The zero-order chi connectivity index (χ0) is 23.8. The molecular weight excluding hydrogens is 396 g/mol. The summed E-state index contributed by atoms with van der Waals surface area (Å²) in [6, 6.07) is 6.49. The predicted molar refractivity (Wildman–Crippen MR) is 121 cm³/mol. The fourth-order valence-corrected chi connectivity index (χ4v) is 2.91. The van der Waals surface area contributed by atoms with Gasteiger partial charge in [0.25, 0.3) is 0 Å². The number of rotatable bonds is 10. The van der Waals surface area contributed by atoms with Gasteiger partial charge in [-0.3, -0.25) is 0 Å². The first-order chi connectivity index (χ1) is 14.2. The number of esters is 2. The number of aryl methyl sites for hydroxylation is 3. The average Bonchev–Trinajstić information content (AvgIpc) is 2.60. The molecular formula is C25H40O6. The minimum absolute atomic E-state index is 0.233. The minimum atomic E-state index is -1.75. The Morgan fingerprint density at radius 3 is 2.00 bits per heavy atom. The third-order valence-electron chi connectivity index (χ3n) is 4.55. The van der Waals surface area contributed by atoms with Crippen LogP contribution in [-0.4, -0.2) is 47.1 Å². The maximum Gasteiger partial charge on any atom is 0.339 e. The average molecular weight is 437 g/mol. The lowest BCUT2D eigenvalue weighted by atomic mass is 10.0. The summed E-state index contributed by atoms with van der Waals surface area (Å²) in [5.41, 5.74) is 2.32. The molecule has 2 atom stereocenters. The molecule has 6 nitrogen and oxygen atoms in total. The molecule has 0 amide bonds. The minimum Gasteiger partial charge on any atom is -0.458 e. The van der Waals surface area contributed by atoms with Gasteiger partial charge in [0.15, 0.2) is 12.2 Å². The maximum atomic E-state index is 12.5. The lowest BCUT2D eigenvalue weighted by Crippen LogP contribution is -2.47. The Morgan fingerprint density at radius 2 is 1.45 bits per heavy atom. The van der Waals surface area contributed by atoms with Crippen LogP contribution in [0.5, 0.6) is 0 Å². The zero-order valence-corrected chi connectivity index (χ0v) is 20.4. The second-order valence-electron chi connectivity index (χ2n) is 10.0. The van der Waals surface area contributed by atoms with Crippen molar-refractivity contribution in [2.45, 2.75) is 104 Å². The van der Waals surface area contributed by atoms with Crippen LogP contribution in [0.3, 0.4) is 0 Å². The second kappa shape index (κ2) is 11.6. The number of carbonyl (C=O) groups excluding carboxylic acids is 2. The molecule has 0 aliphatic rings. The molecule has 0 radical (unpaired) electrons. The topological polar surface area (TPSA) is 82.1 Å². The summed E-state index contributed by atoms with van der Waals surface area (Å²) < 4.78 is 16.1. The van der Waals surface area contributed by atoms with Crippen molar-refractivity contribution in [1.29, 1.82) is 0 Å². The van der Waals surface area contributed by atoms with Crippen molar-refractivity contribution < 1.29 is 28.9 Å². The van der Waals surface area contributed by atoms with Crippen LogP contribution in [0.2, 0.25) is 0 Å². The van der Waals surface area contributed by atoms with E-state index in [9.17, 15) is 14.7 Å². The Labute approximate surface area is 187 Å². The first-order valence-electron chi connectivity index (χ1n) is 11.0. The van der Waals surface area contributed by atoms with E-state index in [4.69, 9.17) is 14.2 Å². The summed E-state index contributed by atoms with van der Waals surface area (Å²) in [4.78, 5) is 24.8. The third-order valence-corrected chi connectivity index (χ3v) is 4.55. The van der Waals surface area contributed by atoms with E-state index in [2.05, 4.69) is 32.0 Å². The van der Waals surface area contributed by atoms with Gasteiger partial charge in [-0.2, -0.15) is 0 Å². The molecule has 0 unspecified atom stereocenters. The largest absolute Gasteiger partial charge is 0.458 e. The normalized spacial score (nSPS) is 14.1. The van der Waals surface area contributed by atoms with Crippen LogP contribution in [0.15, 0.2) is 18.2 Å². The number of benzene rings is 1. The first-order valence-corrected chi connectivity index (χ1v) is 11.0. The highest BCUT2D eigenvalue weighted by Gasteiger charge is 2.38. The Balaban J connectivity index is 2.59. The molecule has 176 valence electrons. The van der Waals surface area contributed by atoms with Crippen LogP contribution in [0.4, 0.5) is 0 Å². The van der Waals surface area contributed by atoms with Gasteiger partial charge in [-0.1, -0.05) is 24.6 Å². The van der Waals surface area contributed by atoms with Crippen molar-refractivity contribution in [2.75, 3.05) is 6.61 Å². The van der Waals surface area contributed by atoms with Crippen molar-refractivity contribution in [1.82, 2.24) is 0 Å². The van der Waals surface area contributed by atoms with E-state index < -0.39 is 35.3 Å². The molecule has 0 saturated heterocycles. The number of unbranched alkanes of at least 4 members (excludes halogenated alkanes) is 2. The zero-order valence-electron chi connectivity index (χ0n) is 20.4. The maximum absolute atomic E-state index is 12.5. The van der Waals surface area contributed by atoms with Gasteiger partial charge in [0.05, 0.1) is 0 Å². The molecule has 31 heavy (non-hydrogen) atoms. The summed E-state index contributed by atoms with van der Waals surface area (Å²) in [7, 11) is 0. The molecule has 1 aromatic rings. The summed E-state index contributed by atoms with van der Waals surface area (Å²) in [5, 5.41) is 10.4. The number of ether oxygens (including phenoxy) is 3. The number of hydrogen-bond donors (Lipinski definition) is 1. The van der Waals surface area contributed by atoms with Gasteiger partial charge in [-0.05, 0) is 91.3 Å². The van der Waals surface area contributed by atoms with E-state index in [1.54, 1.807) is 41.5 Å². The van der Waals surface area contributed by atoms with Gasteiger partial charge >= 0.3 is 11.9 Å². The third kappa shape index (κ3) is 10.8. The van der Waals surface area contributed by atoms with Gasteiger partial charge in [0.2, 0.25) is 0 Å². The van der Waals surface area contributed by atoms with Crippen molar-refractivity contribution in [3.8, 4) is 0 Å². The number of carbonyl (C=O) groups is 2. The Hall–Kier alpha value is -1.92. The summed E-state index contributed by atoms with van der Waals surface area (Å²) in [5.74, 6) is -1.68. The molecule has 0 heterocycles. The fourth-order valence-electron chi connectivity index (χ4n) is 2.91. The standard InChI is InChI=1S/C25H40O6/c1-17-13-14-19(16-18(17)2)12-10-9-11-15-29-21(23(28)31-25(6,7)8)20(26)22(27)30-24(3,4)5/h13-14,16,20-21,26H,9-12,15H2,1-8H3/t20-,21-/m1/s1. The molecule has 0 spiro atoms. The van der Waals surface area contributed by atoms with E-state index in [-0.39, 0.29) is 6.61 Å². The van der Waals surface area contributed by atoms with E-state index in [0.717, 1.165) is 19.3 Å². The molecule has 6 heteroatoms. The number of aliphatic hydroxyl groups is 1. The SMILES string of the molecule is Cc1ccc(CCCCCO[C@@H](C(=O)OC(C)(C)C)[C@@H](O)C(=O)OC(C)(C)C)cc1C. The molecule has 0 bridgehead atoms. The van der Waals surface area contributed by atoms with Crippen molar-refractivity contribution in [2.24, 2.45) is 0 Å². The van der Waals surface area contributed by atoms with E-state index in [1.807, 2.05) is 0 Å². The lowest BCUT2D eigenvalue weighted by Gasteiger charge is -2.28. The number of hydrogen-bond acceptors (Lipinski definition) is 6. The van der Waals surface area contributed by atoms with Gasteiger partial charge in [0, 0.05) is 6.61 Å². The van der Waals surface area contributed by atoms with Gasteiger partial charge in [0.1, 0.15) is 11.2 Å². The fraction of sp³-hybridized carbons (Fsp3) is 0.680. The molecule has 1 N–H and O–H groups in total. The highest BCUT2D eigenvalue weighted by atomic mass is 16.6. The molecule has 0 aromatic heterocycles. The van der Waals surface area contributed by atoms with E-state index >= 15 is 0 Å². The molecule has 0 aliphatic carbocycles. The highest BCUT2D eigenvalue weighted by Crippen LogP contribution is 2.17. The van der Waals surface area contributed by atoms with E-state index in [1.165, 1.54) is 16.7 Å². The summed E-state index contributed by atoms with van der Waals surface area (Å²) in [6.07, 6.45) is 0.384. The van der Waals surface area contributed by atoms with Crippen LogP contribution >= 0.6 is 0 Å². The molecule has 0 aliphatic heterocycles. The first kappa shape index (κ1) is 27.1.